The molecular formula is C17H13Cl2N5O. The maximum absolute atomic E-state index is 12.2. The third-order valence-electron chi connectivity index (χ3n) is 3.22. The minimum absolute atomic E-state index is 0.228. The van der Waals surface area contributed by atoms with Gasteiger partial charge in [-0.1, -0.05) is 29.3 Å². The predicted molar refractivity (Wildman–Crippen MR) is 97.2 cm³/mol. The van der Waals surface area contributed by atoms with Crippen molar-refractivity contribution in [2.24, 2.45) is 0 Å². The summed E-state index contributed by atoms with van der Waals surface area (Å²) in [5.74, 6) is -0.0806. The number of carbonyl (C=O) groups is 1. The Morgan fingerprint density at radius 3 is 2.72 bits per heavy atom. The molecule has 0 aliphatic rings. The van der Waals surface area contributed by atoms with Gasteiger partial charge in [0.25, 0.3) is 5.91 Å². The Hall–Kier alpha value is -2.70. The highest BCUT2D eigenvalue weighted by Gasteiger charge is 2.10. The molecule has 0 radical (unpaired) electrons. The van der Waals surface area contributed by atoms with Crippen molar-refractivity contribution in [3.63, 3.8) is 0 Å². The van der Waals surface area contributed by atoms with Crippen LogP contribution < -0.4 is 10.6 Å². The van der Waals surface area contributed by atoms with Crippen molar-refractivity contribution in [3.05, 3.63) is 76.3 Å². The molecule has 0 aliphatic carbocycles. The summed E-state index contributed by atoms with van der Waals surface area (Å²) in [5, 5.41) is 6.71. The smallest absolute Gasteiger partial charge is 0.270 e. The molecule has 126 valence electrons. The molecule has 0 aliphatic heterocycles. The first-order chi connectivity index (χ1) is 12.1. The highest BCUT2D eigenvalue weighted by atomic mass is 35.5. The minimum Gasteiger partial charge on any atom is -0.345 e. The van der Waals surface area contributed by atoms with Crippen molar-refractivity contribution in [2.75, 3.05) is 5.32 Å². The molecule has 0 fully saturated rings. The normalized spacial score (nSPS) is 10.3. The van der Waals surface area contributed by atoms with E-state index in [4.69, 9.17) is 23.2 Å². The Kier molecular flexibility index (Phi) is 5.42. The number of aromatic nitrogens is 3. The van der Waals surface area contributed by atoms with Gasteiger partial charge in [-0.05, 0) is 36.4 Å². The number of nitrogens with zero attached hydrogens (tertiary/aromatic N) is 3. The van der Waals surface area contributed by atoms with E-state index >= 15 is 0 Å². The monoisotopic (exact) mass is 373 g/mol. The molecule has 0 saturated carbocycles. The summed E-state index contributed by atoms with van der Waals surface area (Å²) in [6, 6.07) is 12.0. The van der Waals surface area contributed by atoms with E-state index in [0.717, 1.165) is 5.69 Å². The van der Waals surface area contributed by atoms with E-state index in [1.807, 2.05) is 18.2 Å². The highest BCUT2D eigenvalue weighted by molar-refractivity contribution is 6.35. The Bertz CT molecular complexity index is 889. The fourth-order valence-corrected chi connectivity index (χ4v) is 2.36. The largest absolute Gasteiger partial charge is 0.345 e. The molecule has 2 N–H and O–H groups in total. The lowest BCUT2D eigenvalue weighted by atomic mass is 10.3. The van der Waals surface area contributed by atoms with Gasteiger partial charge in [-0.3, -0.25) is 9.78 Å². The minimum atomic E-state index is -0.326. The van der Waals surface area contributed by atoms with E-state index < -0.39 is 0 Å². The molecule has 1 aromatic carbocycles. The van der Waals surface area contributed by atoms with Crippen LogP contribution in [0.25, 0.3) is 0 Å². The summed E-state index contributed by atoms with van der Waals surface area (Å²) in [6.07, 6.45) is 3.16. The lowest BCUT2D eigenvalue weighted by Crippen LogP contribution is -2.24. The van der Waals surface area contributed by atoms with Crippen LogP contribution in [0.3, 0.4) is 0 Å². The number of carbonyl (C=O) groups excluding carboxylic acids is 1. The predicted octanol–water partition coefficient (Wildman–Crippen LogP) is 3.85. The third-order valence-corrected chi connectivity index (χ3v) is 3.78. The number of pyridine rings is 1. The summed E-state index contributed by atoms with van der Waals surface area (Å²) in [7, 11) is 0. The molecule has 1 amide bonds. The standard InChI is InChI=1S/C17H13Cl2N5O/c18-11-4-5-13(19)15(9-11)24-17-21-8-6-14(23-17)16(25)22-10-12-3-1-2-7-20-12/h1-9H,10H2,(H,22,25)(H,21,23,24). The van der Waals surface area contributed by atoms with Gasteiger partial charge >= 0.3 is 0 Å². The van der Waals surface area contributed by atoms with Crippen LogP contribution in [-0.4, -0.2) is 20.9 Å². The van der Waals surface area contributed by atoms with Crippen molar-refractivity contribution in [1.82, 2.24) is 20.3 Å². The first-order valence-corrected chi connectivity index (χ1v) is 8.10. The van der Waals surface area contributed by atoms with E-state index in [1.54, 1.807) is 24.4 Å². The Balaban J connectivity index is 1.70. The Morgan fingerprint density at radius 2 is 1.92 bits per heavy atom. The Labute approximate surface area is 154 Å². The average molecular weight is 374 g/mol. The molecule has 25 heavy (non-hydrogen) atoms. The zero-order valence-corrected chi connectivity index (χ0v) is 14.4. The molecule has 0 bridgehead atoms. The molecule has 2 aromatic heterocycles. The number of hydrogen-bond acceptors (Lipinski definition) is 5. The highest BCUT2D eigenvalue weighted by Crippen LogP contribution is 2.27. The number of nitrogens with one attached hydrogen (secondary N) is 2. The van der Waals surface area contributed by atoms with E-state index in [2.05, 4.69) is 25.6 Å². The van der Waals surface area contributed by atoms with Gasteiger partial charge in [0.2, 0.25) is 5.95 Å². The van der Waals surface area contributed by atoms with E-state index in [0.29, 0.717) is 22.3 Å². The summed E-state index contributed by atoms with van der Waals surface area (Å²) in [5.41, 5.74) is 1.54. The zero-order valence-electron chi connectivity index (χ0n) is 12.9. The van der Waals surface area contributed by atoms with Crippen LogP contribution >= 0.6 is 23.2 Å². The van der Waals surface area contributed by atoms with Gasteiger partial charge in [0, 0.05) is 17.4 Å². The maximum Gasteiger partial charge on any atom is 0.270 e. The van der Waals surface area contributed by atoms with Crippen LogP contribution in [0.5, 0.6) is 0 Å². The number of amides is 1. The topological polar surface area (TPSA) is 79.8 Å². The first-order valence-electron chi connectivity index (χ1n) is 7.35. The maximum atomic E-state index is 12.2. The van der Waals surface area contributed by atoms with Gasteiger partial charge in [-0.2, -0.15) is 0 Å². The summed E-state index contributed by atoms with van der Waals surface area (Å²) < 4.78 is 0. The van der Waals surface area contributed by atoms with Crippen molar-refractivity contribution in [2.45, 2.75) is 6.54 Å². The van der Waals surface area contributed by atoms with Crippen LogP contribution in [0, 0.1) is 0 Å². The molecule has 8 heteroatoms. The van der Waals surface area contributed by atoms with Crippen molar-refractivity contribution < 1.29 is 4.79 Å². The van der Waals surface area contributed by atoms with Gasteiger partial charge < -0.3 is 10.6 Å². The zero-order chi connectivity index (χ0) is 17.6. The van der Waals surface area contributed by atoms with Crippen LogP contribution in [0.2, 0.25) is 10.0 Å². The van der Waals surface area contributed by atoms with Crippen LogP contribution in [-0.2, 0) is 6.54 Å². The second-order valence-electron chi connectivity index (χ2n) is 5.02. The second kappa shape index (κ2) is 7.92. The van der Waals surface area contributed by atoms with Crippen LogP contribution in [0.15, 0.2) is 54.9 Å². The molecule has 6 nitrogen and oxygen atoms in total. The molecule has 0 saturated heterocycles. The molecule has 2 heterocycles. The third kappa shape index (κ3) is 4.65. The molecular weight excluding hydrogens is 361 g/mol. The fourth-order valence-electron chi connectivity index (χ4n) is 2.02. The van der Waals surface area contributed by atoms with Crippen molar-refractivity contribution in [3.8, 4) is 0 Å². The first kappa shape index (κ1) is 17.1. The van der Waals surface area contributed by atoms with Crippen molar-refractivity contribution in [1.29, 1.82) is 0 Å². The Morgan fingerprint density at radius 1 is 1.04 bits per heavy atom. The lowest BCUT2D eigenvalue weighted by molar-refractivity contribution is 0.0945. The number of hydrogen-bond donors (Lipinski definition) is 2. The molecule has 3 rings (SSSR count). The number of anilines is 2. The summed E-state index contributed by atoms with van der Waals surface area (Å²) in [4.78, 5) is 24.7. The van der Waals surface area contributed by atoms with Crippen molar-refractivity contribution >= 4 is 40.7 Å². The van der Waals surface area contributed by atoms with Gasteiger partial charge in [-0.25, -0.2) is 9.97 Å². The second-order valence-corrected chi connectivity index (χ2v) is 5.86. The number of rotatable bonds is 5. The SMILES string of the molecule is O=C(NCc1ccccn1)c1ccnc(Nc2cc(Cl)ccc2Cl)n1. The lowest BCUT2D eigenvalue weighted by Gasteiger charge is -2.09. The van der Waals surface area contributed by atoms with Gasteiger partial charge in [0.15, 0.2) is 0 Å². The quantitative estimate of drug-likeness (QED) is 0.709. The summed E-state index contributed by atoms with van der Waals surface area (Å²) in [6.45, 7) is 0.312. The van der Waals surface area contributed by atoms with Crippen LogP contribution in [0.1, 0.15) is 16.2 Å². The fraction of sp³-hybridized carbons (Fsp3) is 0.0588. The van der Waals surface area contributed by atoms with Gasteiger partial charge in [-0.15, -0.1) is 0 Å². The number of benzene rings is 1. The molecule has 0 unspecified atom stereocenters. The summed E-state index contributed by atoms with van der Waals surface area (Å²) >= 11 is 12.1. The van der Waals surface area contributed by atoms with Gasteiger partial charge in [0.05, 0.1) is 22.9 Å². The van der Waals surface area contributed by atoms with E-state index in [1.165, 1.54) is 12.3 Å². The van der Waals surface area contributed by atoms with E-state index in [9.17, 15) is 4.79 Å². The molecule has 3 aromatic rings. The van der Waals surface area contributed by atoms with Crippen LogP contribution in [0.4, 0.5) is 11.6 Å². The van der Waals surface area contributed by atoms with Gasteiger partial charge in [0.1, 0.15) is 5.69 Å². The molecule has 0 spiro atoms. The number of halogens is 2. The average Bonchev–Trinajstić information content (AvgIpc) is 2.64. The molecule has 0 atom stereocenters. The van der Waals surface area contributed by atoms with E-state index in [-0.39, 0.29) is 17.5 Å².